The third-order valence-electron chi connectivity index (χ3n) is 0.879. The molecule has 0 aromatic carbocycles. The molecule has 0 N–H and O–H groups in total. The Bertz CT molecular complexity index is 107. The molecule has 0 aliphatic rings. The van der Waals surface area contributed by atoms with Gasteiger partial charge in [-0.3, -0.25) is 4.21 Å². The van der Waals surface area contributed by atoms with Crippen LogP contribution >= 0.6 is 31.9 Å². The minimum Gasteiger partial charge on any atom is -0.760 e. The number of hydrogen-bond acceptors (Lipinski definition) is 2. The number of rotatable bonds is 5. The summed E-state index contributed by atoms with van der Waals surface area (Å²) < 4.78 is 22.1. The van der Waals surface area contributed by atoms with Crippen molar-refractivity contribution in [2.75, 3.05) is 23.7 Å². The van der Waals surface area contributed by atoms with Gasteiger partial charge in [-0.05, 0) is 0 Å². The van der Waals surface area contributed by atoms with E-state index in [2.05, 4.69) is 31.9 Å². The van der Waals surface area contributed by atoms with Crippen LogP contribution in [0.15, 0.2) is 0 Å². The molecule has 3 nitrogen and oxygen atoms in total. The van der Waals surface area contributed by atoms with Crippen LogP contribution in [0.3, 0.4) is 0 Å². The Hall–Kier alpha value is 1.03. The van der Waals surface area contributed by atoms with Gasteiger partial charge in [0.05, 0.1) is 0 Å². The van der Waals surface area contributed by atoms with Gasteiger partial charge in [0.15, 0.2) is 0 Å². The van der Waals surface area contributed by atoms with Crippen LogP contribution in [0.25, 0.3) is 0 Å². The number of hydrogen-bond donors (Lipinski definition) is 0. The summed E-state index contributed by atoms with van der Waals surface area (Å²) in [7, 11) is 0. The van der Waals surface area contributed by atoms with E-state index in [4.69, 9.17) is 0 Å². The number of alkyl halides is 2. The molecule has 1 atom stereocenters. The van der Waals surface area contributed by atoms with Crippen LogP contribution < -0.4 is 0 Å². The minimum atomic E-state index is -2.08. The van der Waals surface area contributed by atoms with Crippen molar-refractivity contribution in [3.8, 4) is 0 Å². The first-order valence-corrected chi connectivity index (χ1v) is 5.96. The molecular weight excluding hydrogens is 286 g/mol. The first-order valence-electron chi connectivity index (χ1n) is 2.68. The second-order valence-corrected chi connectivity index (χ2v) is 4.06. The summed E-state index contributed by atoms with van der Waals surface area (Å²) in [4.78, 5) is 0. The molecule has 0 aliphatic carbocycles. The molecule has 0 aromatic heterocycles. The standard InChI is InChI=1S/C4H9Br2NO2S/c5-1-3-7(4-2-6)10(8)9/h1-4H2,(H,8,9)/p-1. The van der Waals surface area contributed by atoms with Gasteiger partial charge in [0.1, 0.15) is 0 Å². The van der Waals surface area contributed by atoms with Crippen LogP contribution in [0.4, 0.5) is 0 Å². The summed E-state index contributed by atoms with van der Waals surface area (Å²) in [5, 5.41) is 1.35. The first-order chi connectivity index (χ1) is 4.72. The summed E-state index contributed by atoms with van der Waals surface area (Å²) in [5.41, 5.74) is 0. The molecule has 0 fully saturated rings. The van der Waals surface area contributed by atoms with E-state index in [1.807, 2.05) is 0 Å². The van der Waals surface area contributed by atoms with Crippen molar-refractivity contribution in [2.24, 2.45) is 0 Å². The topological polar surface area (TPSA) is 43.4 Å². The molecule has 0 aliphatic heterocycles. The van der Waals surface area contributed by atoms with Gasteiger partial charge in [0.25, 0.3) is 0 Å². The van der Waals surface area contributed by atoms with Crippen LogP contribution in [0.2, 0.25) is 0 Å². The van der Waals surface area contributed by atoms with E-state index in [0.29, 0.717) is 23.7 Å². The lowest BCUT2D eigenvalue weighted by Gasteiger charge is -2.21. The zero-order valence-corrected chi connectivity index (χ0v) is 9.24. The Balaban J connectivity index is 3.61. The lowest BCUT2D eigenvalue weighted by Crippen LogP contribution is -2.29. The second-order valence-electron chi connectivity index (χ2n) is 1.52. The molecule has 1 unspecified atom stereocenters. The Morgan fingerprint density at radius 3 is 1.90 bits per heavy atom. The van der Waals surface area contributed by atoms with E-state index < -0.39 is 11.3 Å². The maximum Gasteiger partial charge on any atom is 0.0209 e. The highest BCUT2D eigenvalue weighted by Crippen LogP contribution is 1.95. The lowest BCUT2D eigenvalue weighted by molar-refractivity contribution is 0.419. The molecule has 0 radical (unpaired) electrons. The molecule has 0 saturated carbocycles. The van der Waals surface area contributed by atoms with Crippen molar-refractivity contribution in [3.63, 3.8) is 0 Å². The third kappa shape index (κ3) is 4.79. The summed E-state index contributed by atoms with van der Waals surface area (Å²) in [5.74, 6) is 0. The van der Waals surface area contributed by atoms with Gasteiger partial charge in [0, 0.05) is 35.0 Å². The van der Waals surface area contributed by atoms with Gasteiger partial charge >= 0.3 is 0 Å². The summed E-state index contributed by atoms with van der Waals surface area (Å²) in [6.07, 6.45) is 0. The van der Waals surface area contributed by atoms with Crippen molar-refractivity contribution in [1.29, 1.82) is 0 Å². The molecule has 0 bridgehead atoms. The van der Waals surface area contributed by atoms with E-state index in [-0.39, 0.29) is 0 Å². The van der Waals surface area contributed by atoms with Gasteiger partial charge in [0.2, 0.25) is 0 Å². The zero-order valence-electron chi connectivity index (χ0n) is 5.26. The van der Waals surface area contributed by atoms with Crippen molar-refractivity contribution in [3.05, 3.63) is 0 Å². The molecular formula is C4H8Br2NO2S-. The molecule has 0 rings (SSSR count). The van der Waals surface area contributed by atoms with Gasteiger partial charge in [-0.2, -0.15) is 0 Å². The minimum absolute atomic E-state index is 0.529. The largest absolute Gasteiger partial charge is 0.760 e. The lowest BCUT2D eigenvalue weighted by atomic mass is 10.7. The van der Waals surface area contributed by atoms with Crippen LogP contribution in [-0.4, -0.2) is 36.8 Å². The van der Waals surface area contributed by atoms with Crippen molar-refractivity contribution < 1.29 is 8.76 Å². The summed E-state index contributed by atoms with van der Waals surface area (Å²) in [6, 6.07) is 0. The van der Waals surface area contributed by atoms with Crippen LogP contribution in [0.1, 0.15) is 0 Å². The molecule has 0 aromatic rings. The van der Waals surface area contributed by atoms with E-state index in [1.165, 1.54) is 4.31 Å². The van der Waals surface area contributed by atoms with Crippen molar-refractivity contribution in [1.82, 2.24) is 4.31 Å². The SMILES string of the molecule is O=S([O-])N(CCBr)CCBr. The van der Waals surface area contributed by atoms with Crippen LogP contribution in [0, 0.1) is 0 Å². The fourth-order valence-corrected chi connectivity index (χ4v) is 2.26. The Kier molecular flexibility index (Phi) is 7.41. The monoisotopic (exact) mass is 292 g/mol. The Morgan fingerprint density at radius 2 is 1.70 bits per heavy atom. The van der Waals surface area contributed by atoms with Gasteiger partial charge in [-0.15, -0.1) is 0 Å². The zero-order chi connectivity index (χ0) is 7.98. The quantitative estimate of drug-likeness (QED) is 0.558. The summed E-state index contributed by atoms with van der Waals surface area (Å²) >= 11 is 4.24. The number of nitrogens with zero attached hydrogens (tertiary/aromatic N) is 1. The van der Waals surface area contributed by atoms with Crippen LogP contribution in [-0.2, 0) is 11.3 Å². The van der Waals surface area contributed by atoms with E-state index in [0.717, 1.165) is 0 Å². The normalized spacial score (nSPS) is 14.0. The molecule has 0 heterocycles. The average Bonchev–Trinajstić information content (AvgIpc) is 1.87. The smallest absolute Gasteiger partial charge is 0.0209 e. The molecule has 10 heavy (non-hydrogen) atoms. The fourth-order valence-electron chi connectivity index (χ4n) is 0.449. The highest BCUT2D eigenvalue weighted by molar-refractivity contribution is 9.09. The van der Waals surface area contributed by atoms with E-state index in [1.54, 1.807) is 0 Å². The Labute approximate surface area is 79.8 Å². The number of halogens is 2. The van der Waals surface area contributed by atoms with Gasteiger partial charge in [-0.1, -0.05) is 31.9 Å². The molecule has 0 spiro atoms. The van der Waals surface area contributed by atoms with Crippen molar-refractivity contribution in [2.45, 2.75) is 0 Å². The third-order valence-corrected chi connectivity index (χ3v) is 2.37. The highest BCUT2D eigenvalue weighted by atomic mass is 79.9. The predicted molar refractivity (Wildman–Crippen MR) is 48.1 cm³/mol. The van der Waals surface area contributed by atoms with E-state index >= 15 is 0 Å². The van der Waals surface area contributed by atoms with E-state index in [9.17, 15) is 8.76 Å². The predicted octanol–water partition coefficient (Wildman–Crippen LogP) is 0.872. The fraction of sp³-hybridized carbons (Fsp3) is 1.00. The van der Waals surface area contributed by atoms with Gasteiger partial charge < -0.3 is 4.55 Å². The molecule has 6 heteroatoms. The first kappa shape index (κ1) is 11.0. The van der Waals surface area contributed by atoms with Crippen molar-refractivity contribution >= 4 is 43.1 Å². The molecule has 62 valence electrons. The summed E-state index contributed by atoms with van der Waals surface area (Å²) in [6.45, 7) is 1.06. The molecule has 0 amide bonds. The van der Waals surface area contributed by atoms with Gasteiger partial charge in [-0.25, -0.2) is 4.31 Å². The maximum absolute atomic E-state index is 10.4. The second kappa shape index (κ2) is 6.72. The van der Waals surface area contributed by atoms with Crippen LogP contribution in [0.5, 0.6) is 0 Å². The molecule has 0 saturated heterocycles. The Morgan fingerprint density at radius 1 is 1.30 bits per heavy atom. The average molecular weight is 294 g/mol. The highest BCUT2D eigenvalue weighted by Gasteiger charge is 2.01. The maximum atomic E-state index is 10.4.